The zero-order chi connectivity index (χ0) is 35.0. The van der Waals surface area contributed by atoms with Gasteiger partial charge in [0.15, 0.2) is 23.1 Å². The Balaban J connectivity index is 0.000000184. The zero-order valence-corrected chi connectivity index (χ0v) is 28.4. The van der Waals surface area contributed by atoms with Crippen molar-refractivity contribution in [3.05, 3.63) is 169 Å². The Morgan fingerprint density at radius 3 is 1.45 bits per heavy atom. The van der Waals surface area contributed by atoms with E-state index in [4.69, 9.17) is 25.9 Å². The molecule has 0 amide bonds. The highest BCUT2D eigenvalue weighted by Gasteiger charge is 2.17. The molecule has 0 spiro atoms. The number of hydrogen-bond donors (Lipinski definition) is 2. The molecule has 2 aromatic heterocycles. The van der Waals surface area contributed by atoms with Crippen LogP contribution in [0.15, 0.2) is 168 Å². The standard InChI is InChI=1S/C18H16N2O3S.C12H12N2O.C6H5ClO2S/c21-24(22,16-10-5-2-6-11-16)20-18-17(12-7-13-19-18)23-14-15-8-3-1-4-9-15;13-12-11(7-4-8-14-12)15-9-10-5-2-1-3-6-10;7-10(8,9)6-4-2-1-3-5-6/h1-13H,14H2,(H,19,20);1-8H,9H2,(H2,13,14);1-5H. The van der Waals surface area contributed by atoms with Crippen molar-refractivity contribution < 1.29 is 26.3 Å². The van der Waals surface area contributed by atoms with E-state index in [2.05, 4.69) is 14.7 Å². The zero-order valence-electron chi connectivity index (χ0n) is 26.0. The van der Waals surface area contributed by atoms with Gasteiger partial charge in [-0.2, -0.15) is 0 Å². The summed E-state index contributed by atoms with van der Waals surface area (Å²) >= 11 is 0. The molecule has 0 unspecified atom stereocenters. The molecule has 0 fully saturated rings. The number of nitrogen functional groups attached to an aromatic ring is 1. The first kappa shape index (κ1) is 36.4. The number of aromatic nitrogens is 2. The molecule has 6 rings (SSSR count). The van der Waals surface area contributed by atoms with E-state index in [9.17, 15) is 16.8 Å². The smallest absolute Gasteiger partial charge is 0.263 e. The number of nitrogens with two attached hydrogens (primary N) is 1. The Morgan fingerprint density at radius 1 is 0.551 bits per heavy atom. The molecule has 0 radical (unpaired) electrons. The Labute approximate surface area is 290 Å². The molecule has 13 heteroatoms. The van der Waals surface area contributed by atoms with Crippen LogP contribution >= 0.6 is 10.7 Å². The van der Waals surface area contributed by atoms with Gasteiger partial charge in [-0.05, 0) is 59.7 Å². The number of benzene rings is 4. The van der Waals surface area contributed by atoms with Gasteiger partial charge in [0.1, 0.15) is 13.2 Å². The lowest BCUT2D eigenvalue weighted by Gasteiger charge is -2.12. The number of anilines is 2. The molecule has 0 saturated heterocycles. The Kier molecular flexibility index (Phi) is 13.5. The van der Waals surface area contributed by atoms with E-state index in [1.807, 2.05) is 66.7 Å². The number of nitrogens with one attached hydrogen (secondary N) is 1. The normalized spacial score (nSPS) is 10.7. The molecule has 4 aromatic carbocycles. The maximum atomic E-state index is 12.4. The van der Waals surface area contributed by atoms with Crippen molar-refractivity contribution in [1.82, 2.24) is 9.97 Å². The first-order valence-corrected chi connectivity index (χ1v) is 18.5. The third-order valence-corrected chi connectivity index (χ3v) is 9.08. The second kappa shape index (κ2) is 18.2. The third kappa shape index (κ3) is 12.3. The van der Waals surface area contributed by atoms with E-state index in [0.29, 0.717) is 30.5 Å². The van der Waals surface area contributed by atoms with Gasteiger partial charge in [0.2, 0.25) is 0 Å². The van der Waals surface area contributed by atoms with Gasteiger partial charge in [-0.15, -0.1) is 0 Å². The van der Waals surface area contributed by atoms with Crippen molar-refractivity contribution in [1.29, 1.82) is 0 Å². The van der Waals surface area contributed by atoms with Crippen LogP contribution in [0.4, 0.5) is 11.6 Å². The molecular weight excluding hydrogens is 684 g/mol. The molecule has 0 bridgehead atoms. The Hall–Kier alpha value is -5.43. The molecule has 0 aliphatic heterocycles. The van der Waals surface area contributed by atoms with Crippen LogP contribution in [-0.4, -0.2) is 26.8 Å². The lowest BCUT2D eigenvalue weighted by molar-refractivity contribution is 0.307. The molecule has 6 aromatic rings. The lowest BCUT2D eigenvalue weighted by Crippen LogP contribution is -2.14. The van der Waals surface area contributed by atoms with Crippen molar-refractivity contribution >= 4 is 41.4 Å². The van der Waals surface area contributed by atoms with Gasteiger partial charge in [-0.3, -0.25) is 4.72 Å². The van der Waals surface area contributed by atoms with E-state index < -0.39 is 19.1 Å². The number of pyridine rings is 2. The fourth-order valence-electron chi connectivity index (χ4n) is 3.95. The first-order valence-electron chi connectivity index (χ1n) is 14.7. The largest absolute Gasteiger partial charge is 0.485 e. The van der Waals surface area contributed by atoms with Crippen LogP contribution in [0.3, 0.4) is 0 Å². The van der Waals surface area contributed by atoms with E-state index in [-0.39, 0.29) is 15.6 Å². The quantitative estimate of drug-likeness (QED) is 0.139. The molecule has 0 aliphatic carbocycles. The maximum absolute atomic E-state index is 12.4. The van der Waals surface area contributed by atoms with Gasteiger partial charge in [0.25, 0.3) is 19.1 Å². The minimum Gasteiger partial charge on any atom is -0.485 e. The molecule has 3 N–H and O–H groups in total. The SMILES string of the molecule is Nc1ncccc1OCc1ccccc1.O=S(=O)(Cl)c1ccccc1.O=S(=O)(Nc1ncccc1OCc1ccccc1)c1ccccc1. The number of halogens is 1. The van der Waals surface area contributed by atoms with E-state index >= 15 is 0 Å². The van der Waals surface area contributed by atoms with Gasteiger partial charge in [0, 0.05) is 23.1 Å². The molecule has 252 valence electrons. The van der Waals surface area contributed by atoms with Gasteiger partial charge in [-0.25, -0.2) is 26.8 Å². The minimum atomic E-state index is -3.71. The highest BCUT2D eigenvalue weighted by molar-refractivity contribution is 8.13. The topological polar surface area (TPSA) is 151 Å². The molecule has 0 aliphatic rings. The van der Waals surface area contributed by atoms with Crippen LogP contribution in [0.1, 0.15) is 11.1 Å². The summed E-state index contributed by atoms with van der Waals surface area (Å²) in [6.07, 6.45) is 3.16. The van der Waals surface area contributed by atoms with Gasteiger partial charge < -0.3 is 15.2 Å². The van der Waals surface area contributed by atoms with Crippen LogP contribution < -0.4 is 19.9 Å². The summed E-state index contributed by atoms with van der Waals surface area (Å²) in [6.45, 7) is 0.837. The summed E-state index contributed by atoms with van der Waals surface area (Å²) in [4.78, 5) is 8.34. The van der Waals surface area contributed by atoms with E-state index in [1.54, 1.807) is 60.8 Å². The first-order chi connectivity index (χ1) is 23.6. The molecule has 2 heterocycles. The number of nitrogens with zero attached hydrogens (tertiary/aromatic N) is 2. The number of ether oxygens (including phenoxy) is 2. The molecule has 0 atom stereocenters. The second-order valence-electron chi connectivity index (χ2n) is 9.95. The second-order valence-corrected chi connectivity index (χ2v) is 14.2. The van der Waals surface area contributed by atoms with E-state index in [0.717, 1.165) is 11.1 Å². The van der Waals surface area contributed by atoms with Gasteiger partial charge in [-0.1, -0.05) is 97.1 Å². The van der Waals surface area contributed by atoms with Crippen molar-refractivity contribution in [3.63, 3.8) is 0 Å². The summed E-state index contributed by atoms with van der Waals surface area (Å²) in [5.74, 6) is 1.59. The highest BCUT2D eigenvalue weighted by Crippen LogP contribution is 2.25. The van der Waals surface area contributed by atoms with Crippen molar-refractivity contribution in [2.45, 2.75) is 23.0 Å². The average molecular weight is 717 g/mol. The highest BCUT2D eigenvalue weighted by atomic mass is 35.7. The van der Waals surface area contributed by atoms with Crippen LogP contribution in [0.2, 0.25) is 0 Å². The van der Waals surface area contributed by atoms with Crippen molar-refractivity contribution in [3.8, 4) is 11.5 Å². The van der Waals surface area contributed by atoms with Crippen molar-refractivity contribution in [2.24, 2.45) is 0 Å². The van der Waals surface area contributed by atoms with Crippen LogP contribution in [0.25, 0.3) is 0 Å². The third-order valence-electron chi connectivity index (χ3n) is 6.35. The van der Waals surface area contributed by atoms with Crippen molar-refractivity contribution in [2.75, 3.05) is 10.5 Å². The molecule has 49 heavy (non-hydrogen) atoms. The van der Waals surface area contributed by atoms with Gasteiger partial charge >= 0.3 is 0 Å². The maximum Gasteiger partial charge on any atom is 0.263 e. The summed E-state index contributed by atoms with van der Waals surface area (Å²) in [5.41, 5.74) is 7.74. The number of sulfonamides is 1. The number of rotatable bonds is 10. The Morgan fingerprint density at radius 2 is 0.980 bits per heavy atom. The summed E-state index contributed by atoms with van der Waals surface area (Å²) in [6, 6.07) is 42.6. The average Bonchev–Trinajstić information content (AvgIpc) is 3.13. The van der Waals surface area contributed by atoms with Crippen LogP contribution in [0.5, 0.6) is 11.5 Å². The monoisotopic (exact) mass is 716 g/mol. The predicted octanol–water partition coefficient (Wildman–Crippen LogP) is 7.32. The molecule has 10 nitrogen and oxygen atoms in total. The summed E-state index contributed by atoms with van der Waals surface area (Å²) in [7, 11) is -2.21. The summed E-state index contributed by atoms with van der Waals surface area (Å²) in [5, 5.41) is 0. The van der Waals surface area contributed by atoms with Gasteiger partial charge in [0.05, 0.1) is 9.79 Å². The lowest BCUT2D eigenvalue weighted by atomic mass is 10.2. The number of hydrogen-bond acceptors (Lipinski definition) is 9. The van der Waals surface area contributed by atoms with Crippen LogP contribution in [-0.2, 0) is 32.3 Å². The fraction of sp³-hybridized carbons (Fsp3) is 0.0556. The predicted molar refractivity (Wildman–Crippen MR) is 191 cm³/mol. The fourth-order valence-corrected chi connectivity index (χ4v) is 5.78. The van der Waals surface area contributed by atoms with Crippen LogP contribution in [0, 0.1) is 0 Å². The minimum absolute atomic E-state index is 0.136. The molecule has 0 saturated carbocycles. The van der Waals surface area contributed by atoms with E-state index in [1.165, 1.54) is 30.5 Å². The molecular formula is C36H33ClN4O6S2. The Bertz CT molecular complexity index is 2090. The summed E-state index contributed by atoms with van der Waals surface area (Å²) < 4.78 is 59.8.